The third-order valence-corrected chi connectivity index (χ3v) is 4.94. The molecule has 4 aromatic rings. The van der Waals surface area contributed by atoms with E-state index in [4.69, 9.17) is 0 Å². The molecule has 4 aromatic carbocycles. The van der Waals surface area contributed by atoms with Gasteiger partial charge in [0.2, 0.25) is 0 Å². The van der Waals surface area contributed by atoms with Crippen LogP contribution in [-0.2, 0) is 0 Å². The summed E-state index contributed by atoms with van der Waals surface area (Å²) in [6.07, 6.45) is 4.19. The second-order valence-electron chi connectivity index (χ2n) is 6.97. The van der Waals surface area contributed by atoms with Crippen LogP contribution in [0.3, 0.4) is 0 Å². The van der Waals surface area contributed by atoms with E-state index >= 15 is 0 Å². The molecule has 0 aromatic heterocycles. The Balaban J connectivity index is 1.42. The van der Waals surface area contributed by atoms with E-state index < -0.39 is 0 Å². The molecular weight excluding hydrogens is 368 g/mol. The highest BCUT2D eigenvalue weighted by Gasteiger charge is 1.96. The third-order valence-electron chi connectivity index (χ3n) is 4.94. The zero-order chi connectivity index (χ0) is 20.8. The minimum atomic E-state index is 0.830. The van der Waals surface area contributed by atoms with E-state index in [1.807, 2.05) is 60.6 Å². The molecule has 30 heavy (non-hydrogen) atoms. The molecule has 0 aliphatic rings. The largest absolute Gasteiger partial charge is 0.571 e. The van der Waals surface area contributed by atoms with Crippen LogP contribution in [0, 0.1) is 0 Å². The number of anilines is 1. The van der Waals surface area contributed by atoms with Crippen molar-refractivity contribution in [2.45, 2.75) is 0 Å². The van der Waals surface area contributed by atoms with Crippen LogP contribution in [0.1, 0.15) is 11.1 Å². The monoisotopic (exact) mass is 391 g/mol. The van der Waals surface area contributed by atoms with E-state index in [-0.39, 0.29) is 0 Å². The summed E-state index contributed by atoms with van der Waals surface area (Å²) in [7, 11) is 3.71. The van der Waals surface area contributed by atoms with Crippen molar-refractivity contribution in [2.75, 3.05) is 19.1 Å². The molecule has 0 atom stereocenters. The molecular formula is C26H23N4-. The first kappa shape index (κ1) is 19.6. The summed E-state index contributed by atoms with van der Waals surface area (Å²) >= 11 is 0. The van der Waals surface area contributed by atoms with Crippen molar-refractivity contribution in [2.24, 2.45) is 10.2 Å². The minimum Gasteiger partial charge on any atom is -0.571 e. The van der Waals surface area contributed by atoms with Crippen LogP contribution in [0.25, 0.3) is 28.4 Å². The first-order valence-corrected chi connectivity index (χ1v) is 9.83. The molecule has 0 spiro atoms. The van der Waals surface area contributed by atoms with E-state index in [1.165, 1.54) is 10.8 Å². The average Bonchev–Trinajstić information content (AvgIpc) is 2.81. The van der Waals surface area contributed by atoms with E-state index in [0.29, 0.717) is 0 Å². The Kier molecular flexibility index (Phi) is 5.97. The number of hydrogen-bond acceptors (Lipinski definition) is 3. The van der Waals surface area contributed by atoms with Crippen molar-refractivity contribution in [3.63, 3.8) is 0 Å². The average molecular weight is 391 g/mol. The number of fused-ring (bicyclic) bond motifs is 1. The third kappa shape index (κ3) is 4.80. The molecule has 0 unspecified atom stereocenters. The molecule has 0 radical (unpaired) electrons. The summed E-state index contributed by atoms with van der Waals surface area (Å²) in [5.74, 6) is 0. The summed E-state index contributed by atoms with van der Waals surface area (Å²) in [6.45, 7) is 0. The summed E-state index contributed by atoms with van der Waals surface area (Å²) in [6, 6.07) is 30.7. The van der Waals surface area contributed by atoms with Gasteiger partial charge in [0.05, 0.1) is 11.4 Å². The van der Waals surface area contributed by atoms with Gasteiger partial charge in [-0.25, -0.2) is 0 Å². The van der Waals surface area contributed by atoms with Crippen LogP contribution in [-0.4, -0.2) is 14.1 Å². The predicted molar refractivity (Wildman–Crippen MR) is 128 cm³/mol. The molecule has 0 aliphatic heterocycles. The number of nitrogens with zero attached hydrogens (tertiary/aromatic N) is 4. The predicted octanol–water partition coefficient (Wildman–Crippen LogP) is 7.78. The Labute approximate surface area is 177 Å². The van der Waals surface area contributed by atoms with Crippen LogP contribution in [0.2, 0.25) is 0 Å². The molecule has 0 fully saturated rings. The zero-order valence-electron chi connectivity index (χ0n) is 17.1. The first-order valence-electron chi connectivity index (χ1n) is 9.83. The lowest BCUT2D eigenvalue weighted by Gasteiger charge is -2.31. The van der Waals surface area contributed by atoms with Gasteiger partial charge in [0.1, 0.15) is 0 Å². The van der Waals surface area contributed by atoms with E-state index in [9.17, 15) is 0 Å². The van der Waals surface area contributed by atoms with Gasteiger partial charge in [-0.15, -0.1) is 7.05 Å². The molecule has 148 valence electrons. The van der Waals surface area contributed by atoms with Crippen molar-refractivity contribution in [1.82, 2.24) is 0 Å². The summed E-state index contributed by atoms with van der Waals surface area (Å²) < 4.78 is 0. The van der Waals surface area contributed by atoms with Gasteiger partial charge in [0.25, 0.3) is 0 Å². The summed E-state index contributed by atoms with van der Waals surface area (Å²) in [4.78, 5) is 0. The maximum absolute atomic E-state index is 4.37. The molecule has 0 heterocycles. The molecule has 0 bridgehead atoms. The van der Waals surface area contributed by atoms with E-state index in [1.54, 1.807) is 7.05 Å². The maximum atomic E-state index is 4.37. The Morgan fingerprint density at radius 2 is 1.23 bits per heavy atom. The maximum Gasteiger partial charge on any atom is 0.0863 e. The van der Waals surface area contributed by atoms with Gasteiger partial charge in [-0.1, -0.05) is 66.7 Å². The van der Waals surface area contributed by atoms with Crippen LogP contribution in [0.4, 0.5) is 17.1 Å². The van der Waals surface area contributed by atoms with Crippen molar-refractivity contribution >= 4 is 40.0 Å². The molecule has 0 saturated heterocycles. The van der Waals surface area contributed by atoms with Gasteiger partial charge in [-0.3, -0.25) is 0 Å². The molecule has 0 N–H and O–H groups in total. The minimum absolute atomic E-state index is 0.830. The lowest BCUT2D eigenvalue weighted by atomic mass is 10.1. The molecule has 0 saturated carbocycles. The molecule has 4 rings (SSSR count). The molecule has 4 heteroatoms. The fourth-order valence-electron chi connectivity index (χ4n) is 3.12. The Bertz CT molecular complexity index is 1180. The number of hydrogen-bond donors (Lipinski definition) is 0. The highest BCUT2D eigenvalue weighted by Crippen LogP contribution is 2.24. The normalized spacial score (nSPS) is 11.5. The fourth-order valence-corrected chi connectivity index (χ4v) is 3.12. The summed E-state index contributed by atoms with van der Waals surface area (Å²) in [5, 5.41) is 13.0. The van der Waals surface area contributed by atoms with Gasteiger partial charge in [-0.05, 0) is 65.3 Å². The summed E-state index contributed by atoms with van der Waals surface area (Å²) in [5.41, 5.74) is 9.14. The quantitative estimate of drug-likeness (QED) is 0.188. The van der Waals surface area contributed by atoms with Crippen LogP contribution in [0.5, 0.6) is 0 Å². The van der Waals surface area contributed by atoms with Crippen molar-refractivity contribution < 1.29 is 0 Å². The van der Waals surface area contributed by atoms with Gasteiger partial charge in [-0.2, -0.15) is 10.2 Å². The van der Waals surface area contributed by atoms with Gasteiger partial charge in [0, 0.05) is 5.69 Å². The Hall–Kier alpha value is -3.76. The van der Waals surface area contributed by atoms with Crippen LogP contribution >= 0.6 is 0 Å². The van der Waals surface area contributed by atoms with Crippen molar-refractivity contribution in [3.05, 3.63) is 108 Å². The van der Waals surface area contributed by atoms with Crippen molar-refractivity contribution in [1.29, 1.82) is 0 Å². The smallest absolute Gasteiger partial charge is 0.0863 e. The Morgan fingerprint density at radius 1 is 0.667 bits per heavy atom. The van der Waals surface area contributed by atoms with Crippen LogP contribution in [0.15, 0.2) is 101 Å². The van der Waals surface area contributed by atoms with Gasteiger partial charge < -0.3 is 10.4 Å². The fraction of sp³-hybridized carbons (Fsp3) is 0.0769. The molecule has 0 amide bonds. The van der Waals surface area contributed by atoms with Gasteiger partial charge in [0.15, 0.2) is 0 Å². The van der Waals surface area contributed by atoms with E-state index in [0.717, 1.165) is 28.2 Å². The highest BCUT2D eigenvalue weighted by atomic mass is 15.5. The van der Waals surface area contributed by atoms with E-state index in [2.05, 4.69) is 70.3 Å². The number of azo groups is 1. The topological polar surface area (TPSA) is 42.1 Å². The second kappa shape index (κ2) is 9.16. The zero-order valence-corrected chi connectivity index (χ0v) is 17.1. The lowest BCUT2D eigenvalue weighted by Crippen LogP contribution is -2.08. The van der Waals surface area contributed by atoms with Crippen molar-refractivity contribution in [3.8, 4) is 0 Å². The number of benzene rings is 4. The highest BCUT2D eigenvalue weighted by molar-refractivity contribution is 5.85. The standard InChI is InChI=1S/C26H23N4/c1-27-30(2)26-17-11-21(12-18-26)8-7-20-9-14-24(15-10-20)28-29-25-16-13-22-5-3-4-6-23(22)19-25/h3-19H,1-2H3/q-1/b8-7+,29-28?. The second-order valence-corrected chi connectivity index (χ2v) is 6.97. The van der Waals surface area contributed by atoms with Gasteiger partial charge >= 0.3 is 0 Å². The Morgan fingerprint density at radius 3 is 1.90 bits per heavy atom. The number of rotatable bonds is 6. The lowest BCUT2D eigenvalue weighted by molar-refractivity contribution is 1.13. The SMILES string of the molecule is C[N-]N(C)c1ccc(/C=C/c2ccc(N=Nc3ccc4ccccc4c3)cc2)cc1. The van der Waals surface area contributed by atoms with Crippen LogP contribution < -0.4 is 5.01 Å². The first-order chi connectivity index (χ1) is 14.7. The molecule has 4 nitrogen and oxygen atoms in total. The molecule has 0 aliphatic carbocycles.